The van der Waals surface area contributed by atoms with Crippen LogP contribution in [0.2, 0.25) is 10.0 Å². The number of fused-ring (bicyclic) bond motifs is 2. The Balaban J connectivity index is 1.28. The molecule has 9 nitrogen and oxygen atoms in total. The Morgan fingerprint density at radius 2 is 1.97 bits per heavy atom. The fraction of sp³-hybridized carbons (Fsp3) is 0.333. The van der Waals surface area contributed by atoms with Gasteiger partial charge in [0, 0.05) is 36.7 Å². The molecule has 196 valence electrons. The van der Waals surface area contributed by atoms with Gasteiger partial charge in [0.1, 0.15) is 5.49 Å². The molecule has 38 heavy (non-hydrogen) atoms. The molecule has 3 N–H and O–H groups in total. The molecule has 1 atom stereocenters. The molecule has 1 fully saturated rings. The number of likely N-dealkylation sites (tertiary alicyclic amines) is 1. The zero-order valence-electron chi connectivity index (χ0n) is 21.0. The van der Waals surface area contributed by atoms with Crippen molar-refractivity contribution in [1.82, 2.24) is 24.4 Å². The van der Waals surface area contributed by atoms with Crippen molar-refractivity contribution in [3.8, 4) is 5.69 Å². The number of para-hydroxylation sites is 1. The summed E-state index contributed by atoms with van der Waals surface area (Å²) in [6, 6.07) is 11.9. The average molecular weight is 551 g/mol. The van der Waals surface area contributed by atoms with E-state index in [2.05, 4.69) is 49.2 Å². The number of aryl methyl sites for hydroxylation is 1. The van der Waals surface area contributed by atoms with E-state index in [4.69, 9.17) is 28.6 Å². The Hall–Kier alpha value is -3.40. The number of aromatic amines is 1. The first-order valence-corrected chi connectivity index (χ1v) is 13.5. The van der Waals surface area contributed by atoms with Gasteiger partial charge in [-0.15, -0.1) is 0 Å². The van der Waals surface area contributed by atoms with Gasteiger partial charge in [0.2, 0.25) is 5.95 Å². The van der Waals surface area contributed by atoms with E-state index in [9.17, 15) is 4.79 Å². The summed E-state index contributed by atoms with van der Waals surface area (Å²) in [4.78, 5) is 29.6. The van der Waals surface area contributed by atoms with Gasteiger partial charge in [-0.25, -0.2) is 14.3 Å². The Morgan fingerprint density at radius 3 is 2.74 bits per heavy atom. The highest BCUT2D eigenvalue weighted by Crippen LogP contribution is 2.32. The lowest BCUT2D eigenvalue weighted by atomic mass is 10.00. The molecule has 0 amide bonds. The van der Waals surface area contributed by atoms with Crippen molar-refractivity contribution in [3.05, 3.63) is 74.2 Å². The minimum absolute atomic E-state index is 0.105. The molecule has 0 saturated carbocycles. The van der Waals surface area contributed by atoms with Gasteiger partial charge in [0.15, 0.2) is 5.65 Å². The highest BCUT2D eigenvalue weighted by Gasteiger charge is 2.26. The van der Waals surface area contributed by atoms with E-state index in [1.807, 2.05) is 6.07 Å². The molecule has 0 unspecified atom stereocenters. The number of anilines is 3. The molecular weight excluding hydrogens is 523 g/mol. The molecule has 6 rings (SSSR count). The molecule has 1 saturated heterocycles. The fourth-order valence-corrected chi connectivity index (χ4v) is 6.11. The van der Waals surface area contributed by atoms with Gasteiger partial charge in [-0.3, -0.25) is 10.4 Å². The summed E-state index contributed by atoms with van der Waals surface area (Å²) in [5, 5.41) is 12.8. The van der Waals surface area contributed by atoms with Gasteiger partial charge in [0.25, 0.3) is 0 Å². The molecule has 0 spiro atoms. The fourth-order valence-electron chi connectivity index (χ4n) is 5.54. The first-order valence-electron chi connectivity index (χ1n) is 12.8. The maximum Gasteiger partial charge on any atom is 0.333 e. The predicted octanol–water partition coefficient (Wildman–Crippen LogP) is 4.49. The predicted molar refractivity (Wildman–Crippen MR) is 151 cm³/mol. The van der Waals surface area contributed by atoms with Gasteiger partial charge in [-0.05, 0) is 75.2 Å². The molecule has 0 bridgehead atoms. The monoisotopic (exact) mass is 550 g/mol. The molecule has 2 aromatic heterocycles. The minimum atomic E-state index is -0.566. The van der Waals surface area contributed by atoms with Crippen LogP contribution >= 0.6 is 23.2 Å². The van der Waals surface area contributed by atoms with Crippen molar-refractivity contribution in [3.63, 3.8) is 0 Å². The number of H-pyrrole nitrogens is 1. The third-order valence-electron chi connectivity index (χ3n) is 7.51. The lowest BCUT2D eigenvalue weighted by Gasteiger charge is -2.35. The summed E-state index contributed by atoms with van der Waals surface area (Å²) in [5.41, 5.74) is 3.31. The van der Waals surface area contributed by atoms with E-state index in [-0.39, 0.29) is 26.9 Å². The van der Waals surface area contributed by atoms with E-state index in [0.717, 1.165) is 36.2 Å². The van der Waals surface area contributed by atoms with Crippen molar-refractivity contribution >= 4 is 51.6 Å². The maximum absolute atomic E-state index is 12.9. The van der Waals surface area contributed by atoms with Crippen LogP contribution in [-0.2, 0) is 6.42 Å². The first kappa shape index (κ1) is 24.9. The lowest BCUT2D eigenvalue weighted by Crippen LogP contribution is -2.40. The minimum Gasteiger partial charge on any atom is -0.370 e. The summed E-state index contributed by atoms with van der Waals surface area (Å²) < 4.78 is 1.13. The third-order valence-corrected chi connectivity index (χ3v) is 8.12. The van der Waals surface area contributed by atoms with Crippen LogP contribution in [0.15, 0.2) is 47.4 Å². The highest BCUT2D eigenvalue weighted by molar-refractivity contribution is 6.37. The van der Waals surface area contributed by atoms with E-state index in [0.29, 0.717) is 17.4 Å². The summed E-state index contributed by atoms with van der Waals surface area (Å²) in [5.74, 6) is 0.335. The summed E-state index contributed by atoms with van der Waals surface area (Å²) >= 11 is 12.6. The number of rotatable bonds is 5. The Morgan fingerprint density at radius 1 is 1.16 bits per heavy atom. The second-order valence-electron chi connectivity index (χ2n) is 9.94. The van der Waals surface area contributed by atoms with Crippen LogP contribution in [0.3, 0.4) is 0 Å². The SMILES string of the molecule is CN1CCC[C@@H]1CN1CCCc2cc(Nc3ncc4c(=N)n(-c5c(Cl)cccc5Cl)c(=O)[nH]c4n3)ccc21. The van der Waals surface area contributed by atoms with Crippen LogP contribution in [-0.4, -0.2) is 57.1 Å². The highest BCUT2D eigenvalue weighted by atomic mass is 35.5. The zero-order chi connectivity index (χ0) is 26.4. The number of likely N-dealkylation sites (N-methyl/N-ethyl adjacent to an activating group) is 1. The smallest absolute Gasteiger partial charge is 0.333 e. The Kier molecular flexibility index (Phi) is 6.59. The number of nitrogens with zero attached hydrogens (tertiary/aromatic N) is 5. The second-order valence-corrected chi connectivity index (χ2v) is 10.7. The van der Waals surface area contributed by atoms with Crippen molar-refractivity contribution in [2.24, 2.45) is 0 Å². The lowest BCUT2D eigenvalue weighted by molar-refractivity contribution is 0.310. The van der Waals surface area contributed by atoms with Crippen molar-refractivity contribution < 1.29 is 0 Å². The van der Waals surface area contributed by atoms with Crippen LogP contribution < -0.4 is 21.4 Å². The number of halogens is 2. The third kappa shape index (κ3) is 4.55. The van der Waals surface area contributed by atoms with Crippen LogP contribution in [0.4, 0.5) is 17.3 Å². The molecular formula is C27H28Cl2N8O. The molecule has 0 aliphatic carbocycles. The van der Waals surface area contributed by atoms with Crippen molar-refractivity contribution in [2.75, 3.05) is 36.9 Å². The topological polar surface area (TPSA) is 106 Å². The van der Waals surface area contributed by atoms with Crippen molar-refractivity contribution in [1.29, 1.82) is 5.41 Å². The number of hydrogen-bond acceptors (Lipinski definition) is 7. The normalized spacial score (nSPS) is 17.7. The standard InChI is InChI=1S/C27H28Cl2N8O/c1-35-11-4-6-18(35)15-36-12-3-5-16-13-17(9-10-22(16)36)32-26-31-14-19-24(30)37(27(38)34-25(19)33-26)23-20(28)7-2-8-21(23)29/h2,7-10,13-14,18,30H,3-6,11-12,15H2,1H3,(H2,31,32,33,34,38)/t18-/m1/s1. The number of aromatic nitrogens is 4. The van der Waals surface area contributed by atoms with Gasteiger partial charge < -0.3 is 15.1 Å². The molecule has 2 aromatic carbocycles. The Labute approximate surface area is 229 Å². The number of nitrogens with one attached hydrogen (secondary N) is 3. The summed E-state index contributed by atoms with van der Waals surface area (Å²) in [7, 11) is 2.22. The largest absolute Gasteiger partial charge is 0.370 e. The zero-order valence-corrected chi connectivity index (χ0v) is 22.5. The van der Waals surface area contributed by atoms with Crippen LogP contribution in [0.25, 0.3) is 16.7 Å². The van der Waals surface area contributed by atoms with Crippen LogP contribution in [0, 0.1) is 5.41 Å². The molecule has 4 heterocycles. The van der Waals surface area contributed by atoms with Gasteiger partial charge in [-0.1, -0.05) is 29.3 Å². The average Bonchev–Trinajstić information content (AvgIpc) is 3.29. The van der Waals surface area contributed by atoms with Crippen molar-refractivity contribution in [2.45, 2.75) is 31.7 Å². The maximum atomic E-state index is 12.9. The molecule has 2 aliphatic rings. The van der Waals surface area contributed by atoms with E-state index < -0.39 is 5.69 Å². The first-order chi connectivity index (χ1) is 18.4. The van der Waals surface area contributed by atoms with Gasteiger partial charge in [-0.2, -0.15) is 4.98 Å². The van der Waals surface area contributed by atoms with E-state index in [1.165, 1.54) is 36.8 Å². The van der Waals surface area contributed by atoms with E-state index >= 15 is 0 Å². The van der Waals surface area contributed by atoms with E-state index in [1.54, 1.807) is 18.2 Å². The molecule has 0 radical (unpaired) electrons. The molecule has 2 aliphatic heterocycles. The van der Waals surface area contributed by atoms with Gasteiger partial charge >= 0.3 is 5.69 Å². The van der Waals surface area contributed by atoms with Crippen LogP contribution in [0.1, 0.15) is 24.8 Å². The second kappa shape index (κ2) is 10.1. The molecule has 4 aromatic rings. The number of benzene rings is 2. The quantitative estimate of drug-likeness (QED) is 0.338. The molecule has 11 heteroatoms. The number of hydrogen-bond donors (Lipinski definition) is 3. The summed E-state index contributed by atoms with van der Waals surface area (Å²) in [6.07, 6.45) is 6.21. The summed E-state index contributed by atoms with van der Waals surface area (Å²) in [6.45, 7) is 3.33. The van der Waals surface area contributed by atoms with Gasteiger partial charge in [0.05, 0.1) is 21.1 Å². The van der Waals surface area contributed by atoms with Crippen LogP contribution in [0.5, 0.6) is 0 Å². The Bertz CT molecular complexity index is 1630.